The van der Waals surface area contributed by atoms with Crippen molar-refractivity contribution in [3.8, 4) is 11.5 Å². The summed E-state index contributed by atoms with van der Waals surface area (Å²) in [6.07, 6.45) is 0. The molecule has 3 nitrogen and oxygen atoms in total. The summed E-state index contributed by atoms with van der Waals surface area (Å²) < 4.78 is 12.6. The Labute approximate surface area is 135 Å². The Hall–Kier alpha value is -1.04. The third kappa shape index (κ3) is 3.16. The van der Waals surface area contributed by atoms with Gasteiger partial charge < -0.3 is 15.2 Å². The number of hydrogen-bond donors (Lipinski definition) is 1. The molecule has 0 fully saturated rings. The summed E-state index contributed by atoms with van der Waals surface area (Å²) in [7, 11) is 3.25. The first-order valence-electron chi connectivity index (χ1n) is 5.99. The van der Waals surface area contributed by atoms with Crippen LogP contribution in [0.1, 0.15) is 17.2 Å². The molecule has 0 heterocycles. The zero-order chi connectivity index (χ0) is 14.7. The molecule has 0 aromatic heterocycles. The summed E-state index contributed by atoms with van der Waals surface area (Å²) >= 11 is 7.00. The zero-order valence-electron chi connectivity index (χ0n) is 11.2. The number of methoxy groups -OCH3 is 2. The van der Waals surface area contributed by atoms with E-state index in [4.69, 9.17) is 15.2 Å². The van der Waals surface area contributed by atoms with Crippen molar-refractivity contribution in [1.29, 1.82) is 0 Å². The van der Waals surface area contributed by atoms with Crippen LogP contribution in [0, 0.1) is 0 Å². The summed E-state index contributed by atoms with van der Waals surface area (Å²) in [5.74, 6) is 1.45. The number of rotatable bonds is 4. The molecule has 106 valence electrons. The Morgan fingerprint density at radius 2 is 1.70 bits per heavy atom. The Bertz CT molecular complexity index is 617. The maximum atomic E-state index is 6.38. The fraction of sp³-hybridized carbons (Fsp3) is 0.200. The molecule has 20 heavy (non-hydrogen) atoms. The van der Waals surface area contributed by atoms with Gasteiger partial charge in [-0.2, -0.15) is 0 Å². The van der Waals surface area contributed by atoms with Gasteiger partial charge in [-0.15, -0.1) is 0 Å². The number of ether oxygens (including phenoxy) is 2. The van der Waals surface area contributed by atoms with Gasteiger partial charge in [0, 0.05) is 20.6 Å². The number of benzene rings is 2. The van der Waals surface area contributed by atoms with Crippen LogP contribution in [0.3, 0.4) is 0 Å². The molecule has 5 heteroatoms. The highest BCUT2D eigenvalue weighted by Gasteiger charge is 2.17. The summed E-state index contributed by atoms with van der Waals surface area (Å²) in [5, 5.41) is 0. The highest BCUT2D eigenvalue weighted by molar-refractivity contribution is 9.11. The predicted octanol–water partition coefficient (Wildman–Crippen LogP) is 4.28. The summed E-state index contributed by atoms with van der Waals surface area (Å²) in [6.45, 7) is 0. The summed E-state index contributed by atoms with van der Waals surface area (Å²) in [6, 6.07) is 11.3. The SMILES string of the molecule is COc1ccc(C(N)c2cc(Br)ccc2Br)c(OC)c1. The molecule has 0 saturated carbocycles. The van der Waals surface area contributed by atoms with Crippen molar-refractivity contribution in [3.05, 3.63) is 56.5 Å². The van der Waals surface area contributed by atoms with Crippen LogP contribution < -0.4 is 15.2 Å². The van der Waals surface area contributed by atoms with Crippen molar-refractivity contribution >= 4 is 31.9 Å². The molecule has 2 aromatic carbocycles. The van der Waals surface area contributed by atoms with Crippen LogP contribution >= 0.6 is 31.9 Å². The highest BCUT2D eigenvalue weighted by Crippen LogP contribution is 2.35. The molecule has 0 amide bonds. The van der Waals surface area contributed by atoms with Crippen LogP contribution in [0.4, 0.5) is 0 Å². The van der Waals surface area contributed by atoms with Crippen LogP contribution in [0.5, 0.6) is 11.5 Å². The van der Waals surface area contributed by atoms with E-state index in [1.165, 1.54) is 0 Å². The van der Waals surface area contributed by atoms with Crippen molar-refractivity contribution in [2.75, 3.05) is 14.2 Å². The molecular weight excluding hydrogens is 386 g/mol. The summed E-state index contributed by atoms with van der Waals surface area (Å²) in [4.78, 5) is 0. The lowest BCUT2D eigenvalue weighted by atomic mass is 9.98. The second-order valence-electron chi connectivity index (χ2n) is 4.25. The second kappa shape index (κ2) is 6.61. The van der Waals surface area contributed by atoms with Crippen molar-refractivity contribution < 1.29 is 9.47 Å². The maximum absolute atomic E-state index is 6.38. The number of nitrogens with two attached hydrogens (primary N) is 1. The van der Waals surface area contributed by atoms with E-state index in [0.717, 1.165) is 25.8 Å². The van der Waals surface area contributed by atoms with E-state index < -0.39 is 0 Å². The lowest BCUT2D eigenvalue weighted by molar-refractivity contribution is 0.390. The van der Waals surface area contributed by atoms with E-state index in [1.807, 2.05) is 36.4 Å². The minimum absolute atomic E-state index is 0.289. The third-order valence-electron chi connectivity index (χ3n) is 3.07. The lowest BCUT2D eigenvalue weighted by Crippen LogP contribution is -2.13. The van der Waals surface area contributed by atoms with Gasteiger partial charge in [-0.3, -0.25) is 0 Å². The average Bonchev–Trinajstić information content (AvgIpc) is 2.48. The van der Waals surface area contributed by atoms with Gasteiger partial charge in [0.25, 0.3) is 0 Å². The molecule has 1 unspecified atom stereocenters. The Morgan fingerprint density at radius 1 is 0.950 bits per heavy atom. The largest absolute Gasteiger partial charge is 0.497 e. The summed E-state index contributed by atoms with van der Waals surface area (Å²) in [5.41, 5.74) is 8.28. The fourth-order valence-electron chi connectivity index (χ4n) is 2.00. The van der Waals surface area contributed by atoms with Gasteiger partial charge in [-0.25, -0.2) is 0 Å². The molecule has 2 N–H and O–H groups in total. The van der Waals surface area contributed by atoms with Crippen molar-refractivity contribution in [3.63, 3.8) is 0 Å². The Kier molecular flexibility index (Phi) is 5.07. The van der Waals surface area contributed by atoms with Crippen molar-refractivity contribution in [2.45, 2.75) is 6.04 Å². The van der Waals surface area contributed by atoms with Gasteiger partial charge in [0.1, 0.15) is 11.5 Å². The molecule has 0 aliphatic carbocycles. The normalized spacial score (nSPS) is 12.1. The van der Waals surface area contributed by atoms with Crippen LogP contribution in [0.2, 0.25) is 0 Å². The Morgan fingerprint density at radius 3 is 2.35 bits per heavy atom. The quantitative estimate of drug-likeness (QED) is 0.832. The second-order valence-corrected chi connectivity index (χ2v) is 6.02. The van der Waals surface area contributed by atoms with E-state index in [-0.39, 0.29) is 6.04 Å². The van der Waals surface area contributed by atoms with Gasteiger partial charge in [-0.1, -0.05) is 31.9 Å². The van der Waals surface area contributed by atoms with E-state index >= 15 is 0 Å². The molecule has 0 aliphatic rings. The predicted molar refractivity (Wildman–Crippen MR) is 87.4 cm³/mol. The molecule has 0 aliphatic heterocycles. The molecular formula is C15H15Br2NO2. The molecule has 2 aromatic rings. The average molecular weight is 401 g/mol. The van der Waals surface area contributed by atoms with Crippen LogP contribution in [0.25, 0.3) is 0 Å². The zero-order valence-corrected chi connectivity index (χ0v) is 14.4. The van der Waals surface area contributed by atoms with Crippen LogP contribution in [-0.4, -0.2) is 14.2 Å². The molecule has 2 rings (SSSR count). The van der Waals surface area contributed by atoms with E-state index in [1.54, 1.807) is 14.2 Å². The smallest absolute Gasteiger partial charge is 0.127 e. The van der Waals surface area contributed by atoms with Crippen molar-refractivity contribution in [2.24, 2.45) is 5.73 Å². The van der Waals surface area contributed by atoms with E-state index in [9.17, 15) is 0 Å². The lowest BCUT2D eigenvalue weighted by Gasteiger charge is -2.18. The third-order valence-corrected chi connectivity index (χ3v) is 4.28. The Balaban J connectivity index is 2.47. The topological polar surface area (TPSA) is 44.5 Å². The molecule has 0 saturated heterocycles. The molecule has 0 bridgehead atoms. The van der Waals surface area contributed by atoms with Crippen molar-refractivity contribution in [1.82, 2.24) is 0 Å². The minimum atomic E-state index is -0.289. The first kappa shape index (κ1) is 15.4. The molecule has 0 radical (unpaired) electrons. The van der Waals surface area contributed by atoms with Gasteiger partial charge >= 0.3 is 0 Å². The molecule has 0 spiro atoms. The van der Waals surface area contributed by atoms with Gasteiger partial charge in [0.15, 0.2) is 0 Å². The highest BCUT2D eigenvalue weighted by atomic mass is 79.9. The number of hydrogen-bond acceptors (Lipinski definition) is 3. The van der Waals surface area contributed by atoms with Gasteiger partial charge in [0.2, 0.25) is 0 Å². The van der Waals surface area contributed by atoms with Crippen LogP contribution in [-0.2, 0) is 0 Å². The monoisotopic (exact) mass is 399 g/mol. The van der Waals surface area contributed by atoms with Gasteiger partial charge in [0.05, 0.1) is 20.3 Å². The van der Waals surface area contributed by atoms with E-state index in [0.29, 0.717) is 5.75 Å². The van der Waals surface area contributed by atoms with Crippen LogP contribution in [0.15, 0.2) is 45.3 Å². The van der Waals surface area contributed by atoms with Gasteiger partial charge in [-0.05, 0) is 35.9 Å². The standard InChI is InChI=1S/C15H15Br2NO2/c1-19-10-4-5-11(14(8-10)20-2)15(18)12-7-9(16)3-6-13(12)17/h3-8,15H,18H2,1-2H3. The van der Waals surface area contributed by atoms with E-state index in [2.05, 4.69) is 31.9 Å². The first-order chi connectivity index (χ1) is 9.56. The fourth-order valence-corrected chi connectivity index (χ4v) is 2.87. The maximum Gasteiger partial charge on any atom is 0.127 e. The number of halogens is 2. The minimum Gasteiger partial charge on any atom is -0.497 e. The molecule has 1 atom stereocenters. The first-order valence-corrected chi connectivity index (χ1v) is 7.58.